The van der Waals surface area contributed by atoms with Crippen molar-refractivity contribution in [1.82, 2.24) is 4.98 Å². The van der Waals surface area contributed by atoms with Gasteiger partial charge in [-0.2, -0.15) is 0 Å². The Bertz CT molecular complexity index is 989. The Hall–Kier alpha value is -3.15. The van der Waals surface area contributed by atoms with E-state index in [2.05, 4.69) is 46.7 Å². The molecule has 0 fully saturated rings. The van der Waals surface area contributed by atoms with Crippen molar-refractivity contribution in [2.24, 2.45) is 0 Å². The third-order valence-corrected chi connectivity index (χ3v) is 5.61. The van der Waals surface area contributed by atoms with Crippen molar-refractivity contribution >= 4 is 34.8 Å². The Balaban J connectivity index is 0.00000256. The smallest absolute Gasteiger partial charge is 0.309 e. The molecule has 0 aliphatic rings. The molecule has 0 unspecified atom stereocenters. The summed E-state index contributed by atoms with van der Waals surface area (Å²) in [6.07, 6.45) is -0.0901. The molecule has 4 aromatic rings. The summed E-state index contributed by atoms with van der Waals surface area (Å²) in [7, 11) is 0. The van der Waals surface area contributed by atoms with Crippen molar-refractivity contribution < 1.29 is 9.90 Å². The first-order valence-electron chi connectivity index (χ1n) is 9.29. The van der Waals surface area contributed by atoms with E-state index in [0.29, 0.717) is 10.8 Å². The van der Waals surface area contributed by atoms with Crippen LogP contribution in [0.2, 0.25) is 0 Å². The third-order valence-electron chi connectivity index (χ3n) is 4.80. The Kier molecular flexibility index (Phi) is 6.87. The molecule has 6 heteroatoms. The molecule has 0 atom stereocenters. The van der Waals surface area contributed by atoms with E-state index in [1.165, 1.54) is 11.3 Å². The van der Waals surface area contributed by atoms with Crippen LogP contribution < -0.4 is 5.32 Å². The molecule has 4 nitrogen and oxygen atoms in total. The van der Waals surface area contributed by atoms with E-state index in [1.54, 1.807) is 5.38 Å². The van der Waals surface area contributed by atoms with Crippen LogP contribution in [-0.2, 0) is 16.8 Å². The summed E-state index contributed by atoms with van der Waals surface area (Å²) in [5.41, 5.74) is 3.11. The van der Waals surface area contributed by atoms with E-state index in [1.807, 2.05) is 54.6 Å². The van der Waals surface area contributed by atoms with Crippen LogP contribution in [0.5, 0.6) is 0 Å². The average molecular weight is 437 g/mol. The fourth-order valence-corrected chi connectivity index (χ4v) is 4.31. The summed E-state index contributed by atoms with van der Waals surface area (Å²) in [6.45, 7) is 0. The van der Waals surface area contributed by atoms with Crippen LogP contribution in [0.4, 0.5) is 5.13 Å². The zero-order valence-electron chi connectivity index (χ0n) is 16.1. The van der Waals surface area contributed by atoms with Gasteiger partial charge in [-0.3, -0.25) is 4.79 Å². The van der Waals surface area contributed by atoms with Crippen LogP contribution in [0, 0.1) is 0 Å². The second-order valence-corrected chi connectivity index (χ2v) is 7.55. The number of halogens is 1. The molecular formula is C24H21ClN2O2S. The van der Waals surface area contributed by atoms with Gasteiger partial charge in [0.15, 0.2) is 5.13 Å². The number of thiazole rings is 1. The van der Waals surface area contributed by atoms with Gasteiger partial charge in [-0.1, -0.05) is 91.0 Å². The van der Waals surface area contributed by atoms with Gasteiger partial charge in [0, 0.05) is 5.38 Å². The molecule has 0 spiro atoms. The van der Waals surface area contributed by atoms with Crippen molar-refractivity contribution in [1.29, 1.82) is 0 Å². The van der Waals surface area contributed by atoms with E-state index in [9.17, 15) is 4.79 Å². The number of benzene rings is 3. The first kappa shape index (κ1) is 21.6. The molecule has 0 saturated heterocycles. The molecule has 2 N–H and O–H groups in total. The van der Waals surface area contributed by atoms with Crippen LogP contribution in [0.1, 0.15) is 22.4 Å². The molecule has 0 saturated carbocycles. The normalized spacial score (nSPS) is 10.8. The number of nitrogens with zero attached hydrogens (tertiary/aromatic N) is 1. The summed E-state index contributed by atoms with van der Waals surface area (Å²) in [5, 5.41) is 15.2. The van der Waals surface area contributed by atoms with Crippen molar-refractivity contribution in [3.05, 3.63) is 119 Å². The lowest BCUT2D eigenvalue weighted by molar-refractivity contribution is -0.136. The molecule has 30 heavy (non-hydrogen) atoms. The fourth-order valence-electron chi connectivity index (χ4n) is 3.54. The molecule has 0 amide bonds. The molecule has 1 heterocycles. The summed E-state index contributed by atoms with van der Waals surface area (Å²) >= 11 is 1.42. The minimum atomic E-state index is -0.887. The summed E-state index contributed by atoms with van der Waals surface area (Å²) in [5.74, 6) is -0.887. The minimum absolute atomic E-state index is 0. The highest BCUT2D eigenvalue weighted by molar-refractivity contribution is 7.13. The van der Waals surface area contributed by atoms with Gasteiger partial charge in [-0.05, 0) is 16.7 Å². The van der Waals surface area contributed by atoms with Crippen molar-refractivity contribution in [2.75, 3.05) is 5.32 Å². The number of carbonyl (C=O) groups is 1. The molecular weight excluding hydrogens is 416 g/mol. The van der Waals surface area contributed by atoms with E-state index in [0.717, 1.165) is 16.7 Å². The van der Waals surface area contributed by atoms with Gasteiger partial charge in [-0.25, -0.2) is 4.98 Å². The molecule has 0 aliphatic heterocycles. The van der Waals surface area contributed by atoms with Gasteiger partial charge in [0.05, 0.1) is 12.1 Å². The van der Waals surface area contributed by atoms with E-state index < -0.39 is 11.5 Å². The summed E-state index contributed by atoms with van der Waals surface area (Å²) < 4.78 is 0. The number of carboxylic acids is 1. The van der Waals surface area contributed by atoms with Crippen LogP contribution in [0.3, 0.4) is 0 Å². The highest BCUT2D eigenvalue weighted by Gasteiger charge is 2.37. The van der Waals surface area contributed by atoms with Gasteiger partial charge in [-0.15, -0.1) is 23.7 Å². The number of hydrogen-bond donors (Lipinski definition) is 2. The maximum Gasteiger partial charge on any atom is 0.309 e. The van der Waals surface area contributed by atoms with Crippen molar-refractivity contribution in [2.45, 2.75) is 12.0 Å². The number of anilines is 1. The van der Waals surface area contributed by atoms with Crippen molar-refractivity contribution in [3.8, 4) is 0 Å². The average Bonchev–Trinajstić information content (AvgIpc) is 3.20. The van der Waals surface area contributed by atoms with Gasteiger partial charge in [0.25, 0.3) is 0 Å². The van der Waals surface area contributed by atoms with Crippen molar-refractivity contribution in [3.63, 3.8) is 0 Å². The summed E-state index contributed by atoms with van der Waals surface area (Å²) in [4.78, 5) is 15.6. The molecule has 0 radical (unpaired) electrons. The zero-order valence-corrected chi connectivity index (χ0v) is 17.7. The molecule has 1 aromatic heterocycles. The zero-order chi connectivity index (χ0) is 20.1. The van der Waals surface area contributed by atoms with Gasteiger partial charge < -0.3 is 10.4 Å². The van der Waals surface area contributed by atoms with E-state index >= 15 is 0 Å². The van der Waals surface area contributed by atoms with Crippen LogP contribution in [-0.4, -0.2) is 16.1 Å². The Morgan fingerprint density at radius 1 is 0.833 bits per heavy atom. The Morgan fingerprint density at radius 2 is 1.27 bits per heavy atom. The molecule has 4 rings (SSSR count). The quantitative estimate of drug-likeness (QED) is 0.370. The largest absolute Gasteiger partial charge is 0.481 e. The third kappa shape index (κ3) is 4.37. The molecule has 3 aromatic carbocycles. The maximum absolute atomic E-state index is 11.1. The van der Waals surface area contributed by atoms with Gasteiger partial charge >= 0.3 is 5.97 Å². The number of nitrogens with one attached hydrogen (secondary N) is 1. The number of rotatable bonds is 7. The molecule has 0 aliphatic carbocycles. The van der Waals surface area contributed by atoms with Crippen LogP contribution in [0.25, 0.3) is 0 Å². The number of carboxylic acid groups (broad SMARTS) is 1. The fraction of sp³-hybridized carbons (Fsp3) is 0.0833. The van der Waals surface area contributed by atoms with Gasteiger partial charge in [0.1, 0.15) is 5.54 Å². The maximum atomic E-state index is 11.1. The monoisotopic (exact) mass is 436 g/mol. The first-order chi connectivity index (χ1) is 14.2. The predicted octanol–water partition coefficient (Wildman–Crippen LogP) is 5.60. The minimum Gasteiger partial charge on any atom is -0.481 e. The molecule has 0 bridgehead atoms. The topological polar surface area (TPSA) is 62.2 Å². The standard InChI is InChI=1S/C24H20N2O2S.ClH/c27-22(28)16-21-17-29-23(25-21)26-24(18-10-4-1-5-11-18,19-12-6-2-7-13-19)20-14-8-3-9-15-20;/h1-15,17H,16H2,(H,25,26)(H,27,28);1H. The van der Waals surface area contributed by atoms with Crippen LogP contribution in [0.15, 0.2) is 96.4 Å². The highest BCUT2D eigenvalue weighted by atomic mass is 35.5. The number of aromatic nitrogens is 1. The second-order valence-electron chi connectivity index (χ2n) is 6.69. The SMILES string of the molecule is Cl.O=C(O)Cc1csc(NC(c2ccccc2)(c2ccccc2)c2ccccc2)n1. The predicted molar refractivity (Wildman–Crippen MR) is 124 cm³/mol. The lowest BCUT2D eigenvalue weighted by Gasteiger charge is -2.36. The Labute approximate surface area is 185 Å². The highest BCUT2D eigenvalue weighted by Crippen LogP contribution is 2.40. The lowest BCUT2D eigenvalue weighted by atomic mass is 9.77. The van der Waals surface area contributed by atoms with Crippen LogP contribution >= 0.6 is 23.7 Å². The van der Waals surface area contributed by atoms with E-state index in [4.69, 9.17) is 5.11 Å². The first-order valence-corrected chi connectivity index (χ1v) is 10.2. The van der Waals surface area contributed by atoms with Gasteiger partial charge in [0.2, 0.25) is 0 Å². The van der Waals surface area contributed by atoms with E-state index in [-0.39, 0.29) is 18.8 Å². The lowest BCUT2D eigenvalue weighted by Crippen LogP contribution is -2.38. The number of aliphatic carboxylic acids is 1. The molecule has 152 valence electrons. The Morgan fingerprint density at radius 3 is 1.67 bits per heavy atom. The second kappa shape index (κ2) is 9.57. The number of hydrogen-bond acceptors (Lipinski definition) is 4. The summed E-state index contributed by atoms with van der Waals surface area (Å²) in [6, 6.07) is 30.7.